The molecule has 1 aromatic heterocycles. The van der Waals surface area contributed by atoms with Crippen LogP contribution in [0, 0.1) is 0 Å². The topological polar surface area (TPSA) is 43.1 Å². The van der Waals surface area contributed by atoms with Crippen LogP contribution in [0.1, 0.15) is 10.4 Å². The summed E-state index contributed by atoms with van der Waals surface area (Å²) >= 11 is 1.69. The Morgan fingerprint density at radius 1 is 1.00 bits per heavy atom. The third-order valence-corrected chi connectivity index (χ3v) is 3.80. The quantitative estimate of drug-likeness (QED) is 0.681. The molecule has 1 heterocycles. The predicted molar refractivity (Wildman–Crippen MR) is 67.8 cm³/mol. The lowest BCUT2D eigenvalue weighted by atomic mass is 10.1. The van der Waals surface area contributed by atoms with Crippen molar-refractivity contribution in [2.75, 3.05) is 0 Å². The zero-order chi connectivity index (χ0) is 11.1. The van der Waals surface area contributed by atoms with E-state index < -0.39 is 0 Å². The maximum Gasteiger partial charge on any atom is 0.249 e. The van der Waals surface area contributed by atoms with Crippen molar-refractivity contribution in [1.82, 2.24) is 0 Å². The number of hydrogen-bond donors (Lipinski definition) is 1. The molecule has 3 heteroatoms. The number of carbonyl (C=O) groups excluding carboxylic acids is 1. The summed E-state index contributed by atoms with van der Waals surface area (Å²) < 4.78 is 2.30. The minimum atomic E-state index is -0.367. The summed E-state index contributed by atoms with van der Waals surface area (Å²) in [7, 11) is 0. The molecular formula is C13H9NOS. The molecule has 0 spiro atoms. The highest BCUT2D eigenvalue weighted by molar-refractivity contribution is 7.25. The molecule has 2 nitrogen and oxygen atoms in total. The number of fused-ring (bicyclic) bond motifs is 3. The first kappa shape index (κ1) is 9.36. The van der Waals surface area contributed by atoms with Gasteiger partial charge in [-0.1, -0.05) is 24.3 Å². The second kappa shape index (κ2) is 3.32. The molecule has 1 amide bonds. The third-order valence-electron chi connectivity index (χ3n) is 2.67. The fourth-order valence-electron chi connectivity index (χ4n) is 1.98. The number of carbonyl (C=O) groups is 1. The minimum Gasteiger partial charge on any atom is -0.366 e. The van der Waals surface area contributed by atoms with E-state index in [1.807, 2.05) is 30.3 Å². The zero-order valence-corrected chi connectivity index (χ0v) is 9.25. The van der Waals surface area contributed by atoms with E-state index in [9.17, 15) is 4.79 Å². The lowest BCUT2D eigenvalue weighted by Crippen LogP contribution is -2.10. The number of thiophene rings is 1. The molecule has 3 aromatic rings. The molecule has 0 atom stereocenters. The molecule has 2 aromatic carbocycles. The van der Waals surface area contributed by atoms with Crippen LogP contribution in [0.4, 0.5) is 0 Å². The summed E-state index contributed by atoms with van der Waals surface area (Å²) in [5, 5.41) is 2.09. The van der Waals surface area contributed by atoms with E-state index in [4.69, 9.17) is 5.73 Å². The highest BCUT2D eigenvalue weighted by Crippen LogP contribution is 2.35. The maximum absolute atomic E-state index is 11.4. The molecule has 16 heavy (non-hydrogen) atoms. The summed E-state index contributed by atoms with van der Waals surface area (Å²) in [5.41, 5.74) is 6.00. The first-order valence-electron chi connectivity index (χ1n) is 4.97. The SMILES string of the molecule is NC(=O)c1cccc2sc3ccccc3c12. The van der Waals surface area contributed by atoms with Gasteiger partial charge in [0.25, 0.3) is 0 Å². The summed E-state index contributed by atoms with van der Waals surface area (Å²) in [6.07, 6.45) is 0. The highest BCUT2D eigenvalue weighted by Gasteiger charge is 2.11. The zero-order valence-electron chi connectivity index (χ0n) is 8.44. The molecule has 0 unspecified atom stereocenters. The molecular weight excluding hydrogens is 218 g/mol. The average molecular weight is 227 g/mol. The maximum atomic E-state index is 11.4. The van der Waals surface area contributed by atoms with Gasteiger partial charge in [0.2, 0.25) is 5.91 Å². The van der Waals surface area contributed by atoms with Gasteiger partial charge < -0.3 is 5.73 Å². The van der Waals surface area contributed by atoms with Crippen molar-refractivity contribution in [3.63, 3.8) is 0 Å². The van der Waals surface area contributed by atoms with Crippen molar-refractivity contribution in [2.45, 2.75) is 0 Å². The van der Waals surface area contributed by atoms with Gasteiger partial charge in [-0.05, 0) is 18.2 Å². The Morgan fingerprint density at radius 3 is 2.56 bits per heavy atom. The van der Waals surface area contributed by atoms with Gasteiger partial charge in [-0.25, -0.2) is 0 Å². The number of amides is 1. The van der Waals surface area contributed by atoms with Crippen LogP contribution < -0.4 is 5.73 Å². The monoisotopic (exact) mass is 227 g/mol. The molecule has 0 fully saturated rings. The number of rotatable bonds is 1. The van der Waals surface area contributed by atoms with Crippen molar-refractivity contribution in [3.8, 4) is 0 Å². The van der Waals surface area contributed by atoms with Crippen LogP contribution in [0.2, 0.25) is 0 Å². The van der Waals surface area contributed by atoms with Crippen LogP contribution >= 0.6 is 11.3 Å². The van der Waals surface area contributed by atoms with Gasteiger partial charge in [-0.2, -0.15) is 0 Å². The van der Waals surface area contributed by atoms with Crippen LogP contribution in [0.15, 0.2) is 42.5 Å². The van der Waals surface area contributed by atoms with Crippen molar-refractivity contribution in [2.24, 2.45) is 5.73 Å². The van der Waals surface area contributed by atoms with Crippen LogP contribution in [0.25, 0.3) is 20.2 Å². The summed E-state index contributed by atoms with van der Waals surface area (Å²) in [4.78, 5) is 11.4. The van der Waals surface area contributed by atoms with Crippen molar-refractivity contribution in [3.05, 3.63) is 48.0 Å². The van der Waals surface area contributed by atoms with Gasteiger partial charge in [-0.3, -0.25) is 4.79 Å². The molecule has 0 saturated heterocycles. The molecule has 3 rings (SSSR count). The highest BCUT2D eigenvalue weighted by atomic mass is 32.1. The smallest absolute Gasteiger partial charge is 0.249 e. The van der Waals surface area contributed by atoms with E-state index in [2.05, 4.69) is 6.07 Å². The Labute approximate surface area is 96.3 Å². The summed E-state index contributed by atoms with van der Waals surface area (Å²) in [6, 6.07) is 13.7. The lowest BCUT2D eigenvalue weighted by molar-refractivity contribution is 0.100. The van der Waals surface area contributed by atoms with Crippen LogP contribution in [0.3, 0.4) is 0 Å². The van der Waals surface area contributed by atoms with Crippen molar-refractivity contribution in [1.29, 1.82) is 0 Å². The standard InChI is InChI=1S/C13H9NOS/c14-13(15)9-5-3-7-11-12(9)8-4-1-2-6-10(8)16-11/h1-7H,(H2,14,15). The molecule has 0 aliphatic carbocycles. The number of nitrogens with two attached hydrogens (primary N) is 1. The Bertz CT molecular complexity index is 699. The van der Waals surface area contributed by atoms with E-state index >= 15 is 0 Å². The minimum absolute atomic E-state index is 0.367. The van der Waals surface area contributed by atoms with E-state index in [0.29, 0.717) is 5.56 Å². The first-order valence-corrected chi connectivity index (χ1v) is 5.79. The van der Waals surface area contributed by atoms with Gasteiger partial charge in [0.05, 0.1) is 0 Å². The van der Waals surface area contributed by atoms with Crippen LogP contribution in [-0.2, 0) is 0 Å². The first-order chi connectivity index (χ1) is 7.77. The predicted octanol–water partition coefficient (Wildman–Crippen LogP) is 3.15. The fourth-order valence-corrected chi connectivity index (χ4v) is 3.11. The van der Waals surface area contributed by atoms with Gasteiger partial charge in [0.15, 0.2) is 0 Å². The van der Waals surface area contributed by atoms with E-state index in [0.717, 1.165) is 15.5 Å². The number of benzene rings is 2. The Balaban J connectivity index is 2.57. The Kier molecular flexibility index (Phi) is 1.94. The number of primary amides is 1. The van der Waals surface area contributed by atoms with Gasteiger partial charge in [0.1, 0.15) is 0 Å². The van der Waals surface area contributed by atoms with Crippen molar-refractivity contribution >= 4 is 37.4 Å². The molecule has 78 valence electrons. The Hall–Kier alpha value is -1.87. The van der Waals surface area contributed by atoms with E-state index in [1.54, 1.807) is 17.4 Å². The van der Waals surface area contributed by atoms with Crippen LogP contribution in [-0.4, -0.2) is 5.91 Å². The summed E-state index contributed by atoms with van der Waals surface area (Å²) in [6.45, 7) is 0. The lowest BCUT2D eigenvalue weighted by Gasteiger charge is -1.98. The number of hydrogen-bond acceptors (Lipinski definition) is 2. The van der Waals surface area contributed by atoms with Gasteiger partial charge in [0, 0.05) is 25.7 Å². The van der Waals surface area contributed by atoms with Gasteiger partial charge >= 0.3 is 0 Å². The molecule has 2 N–H and O–H groups in total. The second-order valence-electron chi connectivity index (χ2n) is 3.64. The van der Waals surface area contributed by atoms with Crippen molar-refractivity contribution < 1.29 is 4.79 Å². The molecule has 0 radical (unpaired) electrons. The van der Waals surface area contributed by atoms with E-state index in [1.165, 1.54) is 4.70 Å². The third kappa shape index (κ3) is 1.22. The Morgan fingerprint density at radius 2 is 1.75 bits per heavy atom. The fraction of sp³-hybridized carbons (Fsp3) is 0. The normalized spacial score (nSPS) is 11.0. The second-order valence-corrected chi connectivity index (χ2v) is 4.72. The van der Waals surface area contributed by atoms with E-state index in [-0.39, 0.29) is 5.91 Å². The largest absolute Gasteiger partial charge is 0.366 e. The molecule has 0 saturated carbocycles. The van der Waals surface area contributed by atoms with Gasteiger partial charge in [-0.15, -0.1) is 11.3 Å². The summed E-state index contributed by atoms with van der Waals surface area (Å²) in [5.74, 6) is -0.367. The molecule has 0 aliphatic heterocycles. The van der Waals surface area contributed by atoms with Crippen LogP contribution in [0.5, 0.6) is 0 Å². The molecule has 0 aliphatic rings. The average Bonchev–Trinajstić information content (AvgIpc) is 2.66. The molecule has 0 bridgehead atoms.